The number of nitrogens with one attached hydrogen (secondary N) is 2. The summed E-state index contributed by atoms with van der Waals surface area (Å²) >= 11 is 12.1. The Morgan fingerprint density at radius 2 is 2.23 bits per heavy atom. The number of hydrogen-bond acceptors (Lipinski definition) is 3. The highest BCUT2D eigenvalue weighted by Crippen LogP contribution is 2.21. The van der Waals surface area contributed by atoms with Gasteiger partial charge < -0.3 is 10.6 Å². The minimum absolute atomic E-state index is 0.306. The Kier molecular flexibility index (Phi) is 6.38. The summed E-state index contributed by atoms with van der Waals surface area (Å²) in [6.45, 7) is 3.57. The first-order valence-corrected chi connectivity index (χ1v) is 9.62. The van der Waals surface area contributed by atoms with Crippen LogP contribution in [-0.4, -0.2) is 40.4 Å². The molecule has 2 aromatic rings. The zero-order valence-electron chi connectivity index (χ0n) is 15.1. The van der Waals surface area contributed by atoms with Gasteiger partial charge in [0.25, 0.3) is 0 Å². The normalized spacial score (nSPS) is 17.1. The Labute approximate surface area is 164 Å². The Hall–Kier alpha value is -1.79. The molecule has 140 valence electrons. The molecule has 1 aromatic heterocycles. The molecule has 0 bridgehead atoms. The first-order valence-electron chi connectivity index (χ1n) is 8.86. The Morgan fingerprint density at radius 3 is 3.00 bits per heavy atom. The van der Waals surface area contributed by atoms with Crippen molar-refractivity contribution in [3.05, 3.63) is 45.5 Å². The van der Waals surface area contributed by atoms with Gasteiger partial charge in [0.1, 0.15) is 11.6 Å². The predicted octanol–water partition coefficient (Wildman–Crippen LogP) is 3.01. The van der Waals surface area contributed by atoms with Gasteiger partial charge in [-0.15, -0.1) is 0 Å². The number of nitrogens with zero attached hydrogens (tertiary/aromatic N) is 4. The molecule has 0 aliphatic carbocycles. The molecule has 0 radical (unpaired) electrons. The first kappa shape index (κ1) is 19.0. The van der Waals surface area contributed by atoms with E-state index in [-0.39, 0.29) is 0 Å². The van der Waals surface area contributed by atoms with E-state index in [4.69, 9.17) is 23.2 Å². The summed E-state index contributed by atoms with van der Waals surface area (Å²) < 4.78 is 1.99. The number of aliphatic imine (C=N–C) groups is 1. The van der Waals surface area contributed by atoms with Crippen LogP contribution in [0.5, 0.6) is 0 Å². The second-order valence-corrected chi connectivity index (χ2v) is 7.32. The molecule has 0 fully saturated rings. The number of aromatic nitrogens is 3. The number of hydrogen-bond donors (Lipinski definition) is 2. The lowest BCUT2D eigenvalue weighted by molar-refractivity contribution is 0.392. The minimum Gasteiger partial charge on any atom is -0.356 e. The minimum atomic E-state index is 0.306. The average Bonchev–Trinajstić information content (AvgIpc) is 2.98. The van der Waals surface area contributed by atoms with Gasteiger partial charge in [-0.1, -0.05) is 29.3 Å². The van der Waals surface area contributed by atoms with Gasteiger partial charge in [-0.3, -0.25) is 4.99 Å². The number of rotatable bonds is 5. The molecule has 1 unspecified atom stereocenters. The zero-order valence-corrected chi connectivity index (χ0v) is 16.6. The van der Waals surface area contributed by atoms with Crippen molar-refractivity contribution in [2.24, 2.45) is 4.99 Å². The van der Waals surface area contributed by atoms with E-state index in [2.05, 4.69) is 25.7 Å². The van der Waals surface area contributed by atoms with Gasteiger partial charge in [0, 0.05) is 36.1 Å². The maximum Gasteiger partial charge on any atom is 0.191 e. The lowest BCUT2D eigenvalue weighted by atomic mass is 10.1. The fourth-order valence-corrected chi connectivity index (χ4v) is 3.65. The lowest BCUT2D eigenvalue weighted by Gasteiger charge is -2.25. The van der Waals surface area contributed by atoms with Crippen LogP contribution in [-0.2, 0) is 19.4 Å². The molecule has 3 rings (SSSR count). The van der Waals surface area contributed by atoms with E-state index >= 15 is 0 Å². The van der Waals surface area contributed by atoms with E-state index in [9.17, 15) is 0 Å². The van der Waals surface area contributed by atoms with Crippen LogP contribution in [0, 0.1) is 6.92 Å². The summed E-state index contributed by atoms with van der Waals surface area (Å²) in [5.74, 6) is 2.73. The lowest BCUT2D eigenvalue weighted by Crippen LogP contribution is -2.47. The number of guanidine groups is 1. The summed E-state index contributed by atoms with van der Waals surface area (Å²) in [6, 6.07) is 5.95. The van der Waals surface area contributed by atoms with Gasteiger partial charge >= 0.3 is 0 Å². The fraction of sp³-hybridized carbons (Fsp3) is 0.500. The highest BCUT2D eigenvalue weighted by molar-refractivity contribution is 6.35. The van der Waals surface area contributed by atoms with Gasteiger partial charge in [0.05, 0.1) is 6.54 Å². The van der Waals surface area contributed by atoms with E-state index in [1.165, 1.54) is 0 Å². The fourth-order valence-electron chi connectivity index (χ4n) is 3.15. The second-order valence-electron chi connectivity index (χ2n) is 6.48. The summed E-state index contributed by atoms with van der Waals surface area (Å²) in [5, 5.41) is 12.7. The van der Waals surface area contributed by atoms with Crippen LogP contribution >= 0.6 is 23.2 Å². The molecule has 2 heterocycles. The molecule has 1 aromatic carbocycles. The van der Waals surface area contributed by atoms with E-state index in [0.29, 0.717) is 11.1 Å². The molecular formula is C18H24Cl2N6. The van der Waals surface area contributed by atoms with Crippen molar-refractivity contribution in [3.63, 3.8) is 0 Å². The molecule has 2 N–H and O–H groups in total. The molecule has 0 saturated carbocycles. The van der Waals surface area contributed by atoms with Crippen molar-refractivity contribution in [2.75, 3.05) is 13.6 Å². The van der Waals surface area contributed by atoms with E-state index in [0.717, 1.165) is 67.0 Å². The van der Waals surface area contributed by atoms with Gasteiger partial charge in [-0.05, 0) is 43.9 Å². The predicted molar refractivity (Wildman–Crippen MR) is 106 cm³/mol. The molecule has 0 saturated heterocycles. The Morgan fingerprint density at radius 1 is 1.38 bits per heavy atom. The molecule has 8 heteroatoms. The van der Waals surface area contributed by atoms with Crippen LogP contribution in [0.2, 0.25) is 10.0 Å². The second kappa shape index (κ2) is 8.73. The quantitative estimate of drug-likeness (QED) is 0.464. The number of halogens is 2. The summed E-state index contributed by atoms with van der Waals surface area (Å²) in [7, 11) is 1.79. The summed E-state index contributed by atoms with van der Waals surface area (Å²) in [6.07, 6.45) is 3.81. The van der Waals surface area contributed by atoms with Crippen molar-refractivity contribution in [3.8, 4) is 0 Å². The van der Waals surface area contributed by atoms with Crippen LogP contribution in [0.25, 0.3) is 0 Å². The van der Waals surface area contributed by atoms with Crippen molar-refractivity contribution >= 4 is 29.2 Å². The monoisotopic (exact) mass is 394 g/mol. The smallest absolute Gasteiger partial charge is 0.191 e. The van der Waals surface area contributed by atoms with Crippen LogP contribution in [0.15, 0.2) is 23.2 Å². The summed E-state index contributed by atoms with van der Waals surface area (Å²) in [4.78, 5) is 8.77. The third kappa shape index (κ3) is 4.89. The van der Waals surface area contributed by atoms with Crippen molar-refractivity contribution in [2.45, 2.75) is 45.2 Å². The van der Waals surface area contributed by atoms with E-state index in [1.54, 1.807) is 13.1 Å². The molecule has 0 amide bonds. The van der Waals surface area contributed by atoms with Crippen LogP contribution < -0.4 is 10.6 Å². The molecule has 0 spiro atoms. The molecule has 26 heavy (non-hydrogen) atoms. The van der Waals surface area contributed by atoms with Crippen LogP contribution in [0.3, 0.4) is 0 Å². The topological polar surface area (TPSA) is 67.1 Å². The SMILES string of the molecule is CN=C(NCCCc1ccc(Cl)cc1Cl)NC1CCc2nc(C)nn2C1. The molecule has 1 atom stereocenters. The van der Waals surface area contributed by atoms with E-state index < -0.39 is 0 Å². The van der Waals surface area contributed by atoms with Crippen molar-refractivity contribution < 1.29 is 0 Å². The van der Waals surface area contributed by atoms with Gasteiger partial charge in [-0.25, -0.2) is 9.67 Å². The van der Waals surface area contributed by atoms with Crippen LogP contribution in [0.4, 0.5) is 0 Å². The molecule has 6 nitrogen and oxygen atoms in total. The highest BCUT2D eigenvalue weighted by Gasteiger charge is 2.21. The van der Waals surface area contributed by atoms with Gasteiger partial charge in [0.15, 0.2) is 5.96 Å². The van der Waals surface area contributed by atoms with Gasteiger partial charge in [0.2, 0.25) is 0 Å². The maximum absolute atomic E-state index is 6.22. The van der Waals surface area contributed by atoms with Gasteiger partial charge in [-0.2, -0.15) is 5.10 Å². The average molecular weight is 395 g/mol. The third-order valence-corrected chi connectivity index (χ3v) is 5.05. The van der Waals surface area contributed by atoms with Crippen LogP contribution in [0.1, 0.15) is 30.1 Å². The molecule has 1 aliphatic heterocycles. The maximum atomic E-state index is 6.22. The standard InChI is InChI=1S/C18H24Cl2N6/c1-12-23-17-8-7-15(11-26(17)25-12)24-18(21-2)22-9-3-4-13-5-6-14(19)10-16(13)20/h5-6,10,15H,3-4,7-9,11H2,1-2H3,(H2,21,22,24). The molecule has 1 aliphatic rings. The van der Waals surface area contributed by atoms with E-state index in [1.807, 2.05) is 23.7 Å². The molecular weight excluding hydrogens is 371 g/mol. The number of aryl methyl sites for hydroxylation is 3. The Bertz CT molecular complexity index is 786. The largest absolute Gasteiger partial charge is 0.356 e. The third-order valence-electron chi connectivity index (χ3n) is 4.46. The summed E-state index contributed by atoms with van der Waals surface area (Å²) in [5.41, 5.74) is 1.11. The zero-order chi connectivity index (χ0) is 18.5. The van der Waals surface area contributed by atoms with Crippen molar-refractivity contribution in [1.82, 2.24) is 25.4 Å². The highest BCUT2D eigenvalue weighted by atomic mass is 35.5. The first-order chi connectivity index (χ1) is 12.5. The number of fused-ring (bicyclic) bond motifs is 1. The number of benzene rings is 1. The van der Waals surface area contributed by atoms with Crippen molar-refractivity contribution in [1.29, 1.82) is 0 Å². The Balaban J connectivity index is 1.44.